The number of para-hydroxylation sites is 2. The van der Waals surface area contributed by atoms with E-state index in [2.05, 4.69) is 11.6 Å². The summed E-state index contributed by atoms with van der Waals surface area (Å²) in [5.41, 5.74) is 1.48. The van der Waals surface area contributed by atoms with Crippen LogP contribution in [0.5, 0.6) is 0 Å². The molecular formula is C18H18KN3O4S. The number of carboxylic acids is 1. The van der Waals surface area contributed by atoms with Gasteiger partial charge in [0.1, 0.15) is 17.8 Å². The van der Waals surface area contributed by atoms with Gasteiger partial charge in [-0.25, -0.2) is 4.98 Å². The molecule has 1 aromatic carbocycles. The predicted octanol–water partition coefficient (Wildman–Crippen LogP) is -2.40. The SMILES string of the molecule is C=Cn1c([C@H](O)[C@@H]2C(=O)N3[C@@H]2SC(C)(C)[C@@H]3C(=O)[O-])nc2ccccc21.[K+]. The number of benzene rings is 1. The summed E-state index contributed by atoms with van der Waals surface area (Å²) in [4.78, 5) is 30.0. The largest absolute Gasteiger partial charge is 1.00 e. The van der Waals surface area contributed by atoms with Gasteiger partial charge in [0.25, 0.3) is 0 Å². The van der Waals surface area contributed by atoms with Crippen molar-refractivity contribution in [1.29, 1.82) is 0 Å². The second-order valence-electron chi connectivity index (χ2n) is 7.06. The average molecular weight is 412 g/mol. The van der Waals surface area contributed by atoms with Crippen LogP contribution in [0.1, 0.15) is 25.8 Å². The van der Waals surface area contributed by atoms with Crippen LogP contribution in [-0.2, 0) is 9.59 Å². The van der Waals surface area contributed by atoms with E-state index in [1.54, 1.807) is 24.6 Å². The maximum absolute atomic E-state index is 12.7. The van der Waals surface area contributed by atoms with Crippen molar-refractivity contribution in [1.82, 2.24) is 14.5 Å². The van der Waals surface area contributed by atoms with Crippen LogP contribution in [0.2, 0.25) is 0 Å². The predicted molar refractivity (Wildman–Crippen MR) is 95.7 cm³/mol. The molecule has 0 saturated carbocycles. The number of nitrogens with zero attached hydrogens (tertiary/aromatic N) is 3. The fraction of sp³-hybridized carbons (Fsp3) is 0.389. The zero-order valence-electron chi connectivity index (χ0n) is 15.3. The van der Waals surface area contributed by atoms with Crippen LogP contribution < -0.4 is 56.5 Å². The van der Waals surface area contributed by atoms with Crippen molar-refractivity contribution in [2.45, 2.75) is 36.1 Å². The van der Waals surface area contributed by atoms with Gasteiger partial charge in [0.2, 0.25) is 5.91 Å². The number of aromatic nitrogens is 2. The van der Waals surface area contributed by atoms with Crippen LogP contribution in [0.4, 0.5) is 0 Å². The third-order valence-electron chi connectivity index (χ3n) is 5.12. The van der Waals surface area contributed by atoms with Gasteiger partial charge in [0, 0.05) is 10.9 Å². The maximum Gasteiger partial charge on any atom is 1.00 e. The minimum Gasteiger partial charge on any atom is -0.548 e. The minimum absolute atomic E-state index is 0. The van der Waals surface area contributed by atoms with E-state index >= 15 is 0 Å². The molecule has 4 rings (SSSR count). The summed E-state index contributed by atoms with van der Waals surface area (Å²) in [6.07, 6.45) is 0.391. The number of carbonyl (C=O) groups is 2. The second kappa shape index (κ2) is 7.29. The van der Waals surface area contributed by atoms with Crippen LogP contribution in [-0.4, -0.2) is 47.6 Å². The molecule has 2 aliphatic rings. The van der Waals surface area contributed by atoms with E-state index in [1.807, 2.05) is 24.3 Å². The zero-order valence-corrected chi connectivity index (χ0v) is 19.3. The standard InChI is InChI=1S/C18H19N3O4S.K/c1-4-20-10-8-6-5-7-9(10)19-14(20)12(22)11-15(23)21-13(17(24)25)18(2,3)26-16(11)21;/h4-8,11-13,16,22H,1H2,2-3H3,(H,24,25);/q;+1/p-1/t11-,12-,13+,16-;/m1./s1. The number of hydrogen-bond acceptors (Lipinski definition) is 6. The Kier molecular flexibility index (Phi) is 5.68. The van der Waals surface area contributed by atoms with Crippen molar-refractivity contribution in [3.05, 3.63) is 36.7 Å². The number of thioether (sulfide) groups is 1. The van der Waals surface area contributed by atoms with Crippen molar-refractivity contribution in [3.8, 4) is 0 Å². The second-order valence-corrected chi connectivity index (χ2v) is 8.83. The van der Waals surface area contributed by atoms with Crippen molar-refractivity contribution in [2.75, 3.05) is 0 Å². The Morgan fingerprint density at radius 1 is 1.44 bits per heavy atom. The van der Waals surface area contributed by atoms with Gasteiger partial charge in [-0.1, -0.05) is 18.7 Å². The normalized spacial score (nSPS) is 26.9. The summed E-state index contributed by atoms with van der Waals surface area (Å²) in [5, 5.41) is 22.0. The van der Waals surface area contributed by atoms with Crippen molar-refractivity contribution in [3.63, 3.8) is 0 Å². The molecule has 2 aromatic rings. The van der Waals surface area contributed by atoms with Gasteiger partial charge in [-0.05, 0) is 26.0 Å². The number of amides is 1. The number of imidazole rings is 1. The van der Waals surface area contributed by atoms with Crippen LogP contribution >= 0.6 is 11.8 Å². The summed E-state index contributed by atoms with van der Waals surface area (Å²) < 4.78 is 0.975. The van der Waals surface area contributed by atoms with E-state index in [9.17, 15) is 19.8 Å². The van der Waals surface area contributed by atoms with Crippen molar-refractivity contribution in [2.24, 2.45) is 5.92 Å². The van der Waals surface area contributed by atoms with Crippen molar-refractivity contribution < 1.29 is 71.2 Å². The first-order chi connectivity index (χ1) is 12.3. The summed E-state index contributed by atoms with van der Waals surface area (Å²) in [6.45, 7) is 7.31. The quantitative estimate of drug-likeness (QED) is 0.445. The van der Waals surface area contributed by atoms with Crippen LogP contribution in [0.3, 0.4) is 0 Å². The van der Waals surface area contributed by atoms with Gasteiger partial charge in [0.05, 0.1) is 28.4 Å². The molecule has 2 fully saturated rings. The topological polar surface area (TPSA) is 98.5 Å². The third-order valence-corrected chi connectivity index (χ3v) is 6.71. The first-order valence-electron chi connectivity index (χ1n) is 8.26. The van der Waals surface area contributed by atoms with Gasteiger partial charge >= 0.3 is 51.4 Å². The Balaban J connectivity index is 0.00000210. The number of carboxylic acid groups (broad SMARTS) is 1. The van der Waals surface area contributed by atoms with E-state index in [1.165, 1.54) is 16.7 Å². The summed E-state index contributed by atoms with van der Waals surface area (Å²) in [5.74, 6) is -2.09. The van der Waals surface area contributed by atoms with E-state index in [0.717, 1.165) is 5.52 Å². The molecule has 7 nitrogen and oxygen atoms in total. The molecule has 3 heterocycles. The molecule has 0 spiro atoms. The number of aliphatic hydroxyl groups is 1. The molecule has 0 radical (unpaired) electrons. The van der Waals surface area contributed by atoms with Gasteiger partial charge in [-0.2, -0.15) is 0 Å². The van der Waals surface area contributed by atoms with Crippen LogP contribution in [0.25, 0.3) is 17.2 Å². The van der Waals surface area contributed by atoms with E-state index in [4.69, 9.17) is 0 Å². The summed E-state index contributed by atoms with van der Waals surface area (Å²) >= 11 is 1.37. The Morgan fingerprint density at radius 3 is 2.74 bits per heavy atom. The fourth-order valence-corrected chi connectivity index (χ4v) is 5.65. The molecule has 0 bridgehead atoms. The third kappa shape index (κ3) is 3.04. The van der Waals surface area contributed by atoms with E-state index < -0.39 is 40.1 Å². The Labute approximate surface area is 203 Å². The molecule has 0 unspecified atom stereocenters. The number of aliphatic carboxylic acids is 1. The molecule has 2 aliphatic heterocycles. The zero-order chi connectivity index (χ0) is 18.8. The molecule has 9 heteroatoms. The molecule has 136 valence electrons. The van der Waals surface area contributed by atoms with E-state index in [0.29, 0.717) is 11.3 Å². The van der Waals surface area contributed by atoms with Crippen LogP contribution in [0.15, 0.2) is 30.8 Å². The number of rotatable bonds is 4. The fourth-order valence-electron chi connectivity index (χ4n) is 3.94. The number of hydrogen-bond donors (Lipinski definition) is 1. The van der Waals surface area contributed by atoms with Gasteiger partial charge in [0.15, 0.2) is 0 Å². The average Bonchev–Trinajstić information content (AvgIpc) is 3.07. The Bertz CT molecular complexity index is 944. The van der Waals surface area contributed by atoms with Crippen LogP contribution in [0, 0.1) is 5.92 Å². The number of β-lactam (4-membered cyclic amide) rings is 1. The number of fused-ring (bicyclic) bond motifs is 2. The molecule has 0 aliphatic carbocycles. The molecule has 2 saturated heterocycles. The first-order valence-corrected chi connectivity index (χ1v) is 9.14. The van der Waals surface area contributed by atoms with Crippen molar-refractivity contribution >= 4 is 40.9 Å². The van der Waals surface area contributed by atoms with Gasteiger partial charge < -0.3 is 24.5 Å². The molecule has 1 aromatic heterocycles. The molecule has 1 amide bonds. The number of aliphatic hydroxyl groups excluding tert-OH is 1. The molecule has 27 heavy (non-hydrogen) atoms. The monoisotopic (exact) mass is 411 g/mol. The Morgan fingerprint density at radius 2 is 2.11 bits per heavy atom. The molecular weight excluding hydrogens is 393 g/mol. The van der Waals surface area contributed by atoms with E-state index in [-0.39, 0.29) is 51.4 Å². The molecule has 1 N–H and O–H groups in total. The first kappa shape index (κ1) is 21.0. The van der Waals surface area contributed by atoms with Gasteiger partial charge in [-0.3, -0.25) is 4.79 Å². The Hall–Kier alpha value is -0.684. The summed E-state index contributed by atoms with van der Waals surface area (Å²) in [6, 6.07) is 6.37. The van der Waals surface area contributed by atoms with Gasteiger partial charge in [-0.15, -0.1) is 11.8 Å². The molecule has 4 atom stereocenters. The maximum atomic E-state index is 12.7. The number of carbonyl (C=O) groups excluding carboxylic acids is 2. The summed E-state index contributed by atoms with van der Waals surface area (Å²) in [7, 11) is 0. The minimum atomic E-state index is -1.27. The smallest absolute Gasteiger partial charge is 0.548 e.